The van der Waals surface area contributed by atoms with Gasteiger partial charge in [-0.25, -0.2) is 0 Å². The summed E-state index contributed by atoms with van der Waals surface area (Å²) < 4.78 is 3.66. The average Bonchev–Trinajstić information content (AvgIpc) is 2.54. The lowest BCUT2D eigenvalue weighted by Gasteiger charge is -2.35. The molecule has 2 rings (SSSR count). The van der Waals surface area contributed by atoms with E-state index in [1.54, 1.807) is 0 Å². The number of nitrogens with zero attached hydrogens (tertiary/aromatic N) is 2. The molecule has 0 saturated heterocycles. The zero-order valence-electron chi connectivity index (χ0n) is 14.1. The highest BCUT2D eigenvalue weighted by Gasteiger charge is 2.21. The fourth-order valence-corrected chi connectivity index (χ4v) is 3.35. The van der Waals surface area contributed by atoms with Crippen molar-refractivity contribution in [2.75, 3.05) is 26.2 Å². The monoisotopic (exact) mass is 286 g/mol. The molecule has 0 spiro atoms. The Balaban J connectivity index is 2.13. The normalized spacial score (nSPS) is 12.0. The summed E-state index contributed by atoms with van der Waals surface area (Å²) >= 11 is 0. The first kappa shape index (κ1) is 16.0. The van der Waals surface area contributed by atoms with Gasteiger partial charge in [0.15, 0.2) is 12.7 Å². The number of hydrogen-bond acceptors (Lipinski definition) is 0. The third-order valence-corrected chi connectivity index (χ3v) is 5.19. The van der Waals surface area contributed by atoms with Gasteiger partial charge in [-0.1, -0.05) is 12.1 Å². The zero-order chi connectivity index (χ0) is 15.3. The van der Waals surface area contributed by atoms with Gasteiger partial charge in [0.05, 0.1) is 32.6 Å². The first-order valence-corrected chi connectivity index (χ1v) is 8.38. The van der Waals surface area contributed by atoms with Crippen LogP contribution < -0.4 is 4.57 Å². The van der Waals surface area contributed by atoms with Gasteiger partial charge in [0, 0.05) is 17.5 Å². The van der Waals surface area contributed by atoms with Crippen molar-refractivity contribution in [1.29, 1.82) is 0 Å². The van der Waals surface area contributed by atoms with Crippen molar-refractivity contribution < 1.29 is 9.05 Å². The quantitative estimate of drug-likeness (QED) is 0.540. The molecular weight excluding hydrogens is 256 g/mol. The minimum Gasteiger partial charge on any atom is -0.324 e. The standard InChI is InChI=1S/C19H30N2/c1-5-21(6-2,7-3)16-10-14-20-15-13-17(4)18-11-8-9-12-19(18)20/h8-9,11-13,15H,5-7,10,14,16H2,1-4H3/q+2. The summed E-state index contributed by atoms with van der Waals surface area (Å²) in [6.07, 6.45) is 3.49. The van der Waals surface area contributed by atoms with Crippen LogP contribution in [0.1, 0.15) is 32.8 Å². The Hall–Kier alpha value is -1.41. The lowest BCUT2D eigenvalue weighted by atomic mass is 10.1. The first-order valence-electron chi connectivity index (χ1n) is 8.38. The lowest BCUT2D eigenvalue weighted by Crippen LogP contribution is -2.49. The van der Waals surface area contributed by atoms with Crippen molar-refractivity contribution in [1.82, 2.24) is 0 Å². The maximum atomic E-state index is 2.41. The molecule has 1 aromatic carbocycles. The van der Waals surface area contributed by atoms with E-state index >= 15 is 0 Å². The van der Waals surface area contributed by atoms with E-state index in [0.29, 0.717) is 0 Å². The molecular formula is C19H30N2+2. The molecule has 1 aromatic heterocycles. The third-order valence-electron chi connectivity index (χ3n) is 5.19. The van der Waals surface area contributed by atoms with E-state index in [0.717, 1.165) is 6.54 Å². The summed E-state index contributed by atoms with van der Waals surface area (Å²) in [6, 6.07) is 11.0. The summed E-state index contributed by atoms with van der Waals surface area (Å²) in [4.78, 5) is 0. The summed E-state index contributed by atoms with van der Waals surface area (Å²) in [5, 5.41) is 1.38. The molecule has 0 unspecified atom stereocenters. The van der Waals surface area contributed by atoms with E-state index in [2.05, 4.69) is 68.8 Å². The summed E-state index contributed by atoms with van der Waals surface area (Å²) in [5.74, 6) is 0. The number of fused-ring (bicyclic) bond motifs is 1. The van der Waals surface area contributed by atoms with E-state index < -0.39 is 0 Å². The number of pyridine rings is 1. The molecule has 2 heteroatoms. The Morgan fingerprint density at radius 1 is 0.952 bits per heavy atom. The van der Waals surface area contributed by atoms with Gasteiger partial charge in [-0.15, -0.1) is 0 Å². The number of quaternary nitrogens is 1. The largest absolute Gasteiger partial charge is 0.324 e. The molecule has 0 aliphatic rings. The van der Waals surface area contributed by atoms with Crippen molar-refractivity contribution in [3.05, 3.63) is 42.1 Å². The van der Waals surface area contributed by atoms with Crippen LogP contribution in [0.3, 0.4) is 0 Å². The van der Waals surface area contributed by atoms with Crippen LogP contribution in [0, 0.1) is 6.92 Å². The molecule has 0 radical (unpaired) electrons. The van der Waals surface area contributed by atoms with Gasteiger partial charge in [-0.2, -0.15) is 4.57 Å². The number of aryl methyl sites for hydroxylation is 2. The maximum absolute atomic E-state index is 2.41. The average molecular weight is 286 g/mol. The smallest absolute Gasteiger partial charge is 0.212 e. The highest BCUT2D eigenvalue weighted by molar-refractivity contribution is 5.78. The van der Waals surface area contributed by atoms with Crippen LogP contribution in [0.25, 0.3) is 10.9 Å². The molecule has 0 N–H and O–H groups in total. The van der Waals surface area contributed by atoms with Crippen molar-refractivity contribution in [2.45, 2.75) is 40.7 Å². The molecule has 0 bridgehead atoms. The van der Waals surface area contributed by atoms with Crippen LogP contribution in [0.5, 0.6) is 0 Å². The molecule has 0 aliphatic carbocycles. The van der Waals surface area contributed by atoms with Crippen LogP contribution in [-0.4, -0.2) is 30.7 Å². The van der Waals surface area contributed by atoms with Crippen LogP contribution in [-0.2, 0) is 6.54 Å². The molecule has 1 heterocycles. The van der Waals surface area contributed by atoms with Gasteiger partial charge >= 0.3 is 0 Å². The molecule has 0 atom stereocenters. The van der Waals surface area contributed by atoms with E-state index in [1.165, 1.54) is 53.5 Å². The Kier molecular flexibility index (Phi) is 5.35. The Labute approximate surface area is 129 Å². The van der Waals surface area contributed by atoms with Crippen molar-refractivity contribution in [2.24, 2.45) is 0 Å². The zero-order valence-corrected chi connectivity index (χ0v) is 14.1. The Morgan fingerprint density at radius 2 is 1.62 bits per heavy atom. The van der Waals surface area contributed by atoms with E-state index in [4.69, 9.17) is 0 Å². The van der Waals surface area contributed by atoms with Crippen molar-refractivity contribution >= 4 is 10.9 Å². The number of hydrogen-bond donors (Lipinski definition) is 0. The first-order chi connectivity index (χ1) is 10.2. The lowest BCUT2D eigenvalue weighted by molar-refractivity contribution is -0.925. The predicted octanol–water partition coefficient (Wildman–Crippen LogP) is 3.70. The van der Waals surface area contributed by atoms with Gasteiger partial charge in [0.25, 0.3) is 0 Å². The van der Waals surface area contributed by atoms with Gasteiger partial charge in [0.1, 0.15) is 0 Å². The number of rotatable bonds is 7. The minimum absolute atomic E-state index is 1.11. The van der Waals surface area contributed by atoms with Crippen LogP contribution in [0.4, 0.5) is 0 Å². The molecule has 114 valence electrons. The molecule has 0 amide bonds. The van der Waals surface area contributed by atoms with E-state index in [9.17, 15) is 0 Å². The molecule has 2 nitrogen and oxygen atoms in total. The number of benzene rings is 1. The Morgan fingerprint density at radius 3 is 2.29 bits per heavy atom. The molecule has 0 aliphatic heterocycles. The van der Waals surface area contributed by atoms with Crippen LogP contribution in [0.15, 0.2) is 36.5 Å². The minimum atomic E-state index is 1.11. The van der Waals surface area contributed by atoms with Gasteiger partial charge < -0.3 is 4.48 Å². The summed E-state index contributed by atoms with van der Waals surface area (Å²) in [6.45, 7) is 15.3. The van der Waals surface area contributed by atoms with Crippen molar-refractivity contribution in [3.8, 4) is 0 Å². The topological polar surface area (TPSA) is 3.88 Å². The third kappa shape index (κ3) is 3.44. The maximum Gasteiger partial charge on any atom is 0.212 e. The second kappa shape index (κ2) is 7.04. The van der Waals surface area contributed by atoms with Gasteiger partial charge in [0.2, 0.25) is 5.52 Å². The van der Waals surface area contributed by atoms with Gasteiger partial charge in [-0.05, 0) is 39.3 Å². The molecule has 0 saturated carbocycles. The SMILES string of the molecule is CC[N+](CC)(CC)CCC[n+]1ccc(C)c2ccccc21. The predicted molar refractivity (Wildman–Crippen MR) is 90.2 cm³/mol. The number of para-hydroxylation sites is 1. The van der Waals surface area contributed by atoms with Crippen molar-refractivity contribution in [3.63, 3.8) is 0 Å². The van der Waals surface area contributed by atoms with E-state index in [-0.39, 0.29) is 0 Å². The highest BCUT2D eigenvalue weighted by Crippen LogP contribution is 2.14. The molecule has 21 heavy (non-hydrogen) atoms. The Bertz CT molecular complexity index is 577. The van der Waals surface area contributed by atoms with Crippen LogP contribution in [0.2, 0.25) is 0 Å². The molecule has 0 fully saturated rings. The fraction of sp³-hybridized carbons (Fsp3) is 0.526. The highest BCUT2D eigenvalue weighted by atomic mass is 15.3. The van der Waals surface area contributed by atoms with E-state index in [1.807, 2.05) is 0 Å². The van der Waals surface area contributed by atoms with Crippen LogP contribution >= 0.6 is 0 Å². The fourth-order valence-electron chi connectivity index (χ4n) is 3.35. The van der Waals surface area contributed by atoms with Gasteiger partial charge in [-0.3, -0.25) is 0 Å². The second-order valence-electron chi connectivity index (χ2n) is 6.08. The molecule has 2 aromatic rings. The second-order valence-corrected chi connectivity index (χ2v) is 6.08. The number of aromatic nitrogens is 1. The summed E-state index contributed by atoms with van der Waals surface area (Å²) in [5.41, 5.74) is 2.72. The summed E-state index contributed by atoms with van der Waals surface area (Å²) in [7, 11) is 0.